The summed E-state index contributed by atoms with van der Waals surface area (Å²) in [5.41, 5.74) is 18.0. The van der Waals surface area contributed by atoms with Crippen molar-refractivity contribution < 1.29 is 0 Å². The molecule has 8 rings (SSSR count). The maximum Gasteiger partial charge on any atom is 0.0564 e. The Kier molecular flexibility index (Phi) is 8.58. The summed E-state index contributed by atoms with van der Waals surface area (Å²) in [4.78, 5) is 4.94. The molecule has 0 atom stereocenters. The molecule has 1 aliphatic carbocycles. The van der Waals surface area contributed by atoms with Crippen LogP contribution < -0.4 is 9.80 Å². The molecule has 0 fully saturated rings. The molecule has 2 nitrogen and oxygen atoms in total. The van der Waals surface area contributed by atoms with Crippen LogP contribution >= 0.6 is 0 Å². The average molecular weight is 689 g/mol. The van der Waals surface area contributed by atoms with Crippen molar-refractivity contribution in [2.24, 2.45) is 0 Å². The largest absolute Gasteiger partial charge is 0.310 e. The van der Waals surface area contributed by atoms with Gasteiger partial charge in [-0.15, -0.1) is 0 Å². The molecule has 262 valence electrons. The number of aryl methyl sites for hydroxylation is 2. The first-order chi connectivity index (χ1) is 25.5. The second-order valence-corrected chi connectivity index (χ2v) is 16.1. The first-order valence-electron chi connectivity index (χ1n) is 18.8. The highest BCUT2D eigenvalue weighted by Crippen LogP contribution is 2.54. The number of hydrogen-bond acceptors (Lipinski definition) is 2. The molecule has 0 saturated heterocycles. The van der Waals surface area contributed by atoms with Crippen molar-refractivity contribution in [3.05, 3.63) is 192 Å². The van der Waals surface area contributed by atoms with Crippen LogP contribution in [0.4, 0.5) is 34.1 Å². The summed E-state index contributed by atoms with van der Waals surface area (Å²) in [7, 11) is 0. The minimum atomic E-state index is -0.130. The van der Waals surface area contributed by atoms with Crippen molar-refractivity contribution in [1.82, 2.24) is 0 Å². The summed E-state index contributed by atoms with van der Waals surface area (Å²) < 4.78 is 0. The molecule has 0 saturated carbocycles. The van der Waals surface area contributed by atoms with Crippen molar-refractivity contribution in [2.75, 3.05) is 9.80 Å². The Hall–Kier alpha value is -5.86. The zero-order valence-electron chi connectivity index (χ0n) is 32.0. The van der Waals surface area contributed by atoms with Gasteiger partial charge in [-0.05, 0) is 113 Å². The van der Waals surface area contributed by atoms with Crippen molar-refractivity contribution in [3.8, 4) is 22.3 Å². The third-order valence-electron chi connectivity index (χ3n) is 10.9. The molecule has 7 aromatic carbocycles. The van der Waals surface area contributed by atoms with Crippen LogP contribution in [0.2, 0.25) is 0 Å². The first kappa shape index (κ1) is 34.2. The van der Waals surface area contributed by atoms with Gasteiger partial charge in [-0.25, -0.2) is 0 Å². The standard InChI is InChI=1S/C51H48N2/c1-35-22-26-40(27-23-35)52(39-18-12-9-13-19-39)47-32-38(50(3,4)5)33-48(49(47)37-16-10-8-11-17-37)53(41-28-24-36(2)25-29-41)42-30-31-44-43-20-14-15-21-45(43)51(6,7)46(44)34-42/h8-34H,1-7H3. The van der Waals surface area contributed by atoms with Gasteiger partial charge in [0.05, 0.1) is 11.4 Å². The van der Waals surface area contributed by atoms with E-state index in [2.05, 4.69) is 222 Å². The van der Waals surface area contributed by atoms with Crippen molar-refractivity contribution >= 4 is 34.1 Å². The van der Waals surface area contributed by atoms with Crippen LogP contribution in [0.1, 0.15) is 62.4 Å². The molecule has 0 N–H and O–H groups in total. The van der Waals surface area contributed by atoms with Crippen LogP contribution in [0, 0.1) is 13.8 Å². The third kappa shape index (κ3) is 6.23. The molecule has 1 aliphatic rings. The smallest absolute Gasteiger partial charge is 0.0564 e. The summed E-state index contributed by atoms with van der Waals surface area (Å²) in [5, 5.41) is 0. The second kappa shape index (κ2) is 13.3. The lowest BCUT2D eigenvalue weighted by Crippen LogP contribution is -2.20. The second-order valence-electron chi connectivity index (χ2n) is 16.1. The van der Waals surface area contributed by atoms with Crippen LogP contribution in [0.25, 0.3) is 22.3 Å². The minimum absolute atomic E-state index is 0.128. The fraction of sp³-hybridized carbons (Fsp3) is 0.176. The predicted octanol–water partition coefficient (Wildman–Crippen LogP) is 14.5. The molecule has 0 bridgehead atoms. The maximum absolute atomic E-state index is 2.50. The van der Waals surface area contributed by atoms with E-state index >= 15 is 0 Å². The molecule has 0 heterocycles. The predicted molar refractivity (Wildman–Crippen MR) is 227 cm³/mol. The monoisotopic (exact) mass is 688 g/mol. The third-order valence-corrected chi connectivity index (χ3v) is 10.9. The van der Waals surface area contributed by atoms with Gasteiger partial charge in [0.15, 0.2) is 0 Å². The van der Waals surface area contributed by atoms with Gasteiger partial charge in [-0.1, -0.05) is 149 Å². The Morgan fingerprint density at radius 1 is 0.434 bits per heavy atom. The Morgan fingerprint density at radius 3 is 1.45 bits per heavy atom. The van der Waals surface area contributed by atoms with Gasteiger partial charge in [-0.3, -0.25) is 0 Å². The number of anilines is 6. The van der Waals surface area contributed by atoms with E-state index in [-0.39, 0.29) is 10.8 Å². The first-order valence-corrected chi connectivity index (χ1v) is 18.8. The lowest BCUT2D eigenvalue weighted by atomic mass is 9.82. The number of hydrogen-bond donors (Lipinski definition) is 0. The van der Waals surface area contributed by atoms with E-state index in [9.17, 15) is 0 Å². The van der Waals surface area contributed by atoms with Gasteiger partial charge in [0.1, 0.15) is 0 Å². The topological polar surface area (TPSA) is 6.48 Å². The fourth-order valence-corrected chi connectivity index (χ4v) is 7.95. The van der Waals surface area contributed by atoms with E-state index in [1.165, 1.54) is 44.5 Å². The lowest BCUT2D eigenvalue weighted by molar-refractivity contribution is 0.590. The molecule has 0 unspecified atom stereocenters. The van der Waals surface area contributed by atoms with Crippen molar-refractivity contribution in [3.63, 3.8) is 0 Å². The number of benzene rings is 7. The van der Waals surface area contributed by atoms with E-state index in [4.69, 9.17) is 0 Å². The highest BCUT2D eigenvalue weighted by Gasteiger charge is 2.36. The molecule has 0 radical (unpaired) electrons. The number of rotatable bonds is 7. The molecule has 2 heteroatoms. The molecular formula is C51H48N2. The van der Waals surface area contributed by atoms with Gasteiger partial charge in [0.2, 0.25) is 0 Å². The lowest BCUT2D eigenvalue weighted by Gasteiger charge is -2.36. The fourth-order valence-electron chi connectivity index (χ4n) is 7.95. The summed E-state index contributed by atoms with van der Waals surface area (Å²) in [6, 6.07) is 60.6. The number of nitrogens with zero attached hydrogens (tertiary/aromatic N) is 2. The molecular weight excluding hydrogens is 641 g/mol. The molecule has 0 spiro atoms. The van der Waals surface area contributed by atoms with Crippen LogP contribution in [0.5, 0.6) is 0 Å². The van der Waals surface area contributed by atoms with Crippen LogP contribution in [-0.2, 0) is 10.8 Å². The Morgan fingerprint density at radius 2 is 0.887 bits per heavy atom. The number of fused-ring (bicyclic) bond motifs is 3. The highest BCUT2D eigenvalue weighted by atomic mass is 15.2. The van der Waals surface area contributed by atoms with Gasteiger partial charge < -0.3 is 9.80 Å². The molecule has 0 aromatic heterocycles. The quantitative estimate of drug-likeness (QED) is 0.164. The highest BCUT2D eigenvalue weighted by molar-refractivity contribution is 5.99. The van der Waals surface area contributed by atoms with E-state index in [0.29, 0.717) is 0 Å². The summed E-state index contributed by atoms with van der Waals surface area (Å²) in [6.07, 6.45) is 0. The van der Waals surface area contributed by atoms with Crippen LogP contribution in [-0.4, -0.2) is 0 Å². The average Bonchev–Trinajstić information content (AvgIpc) is 3.39. The zero-order chi connectivity index (χ0) is 36.9. The molecule has 7 aromatic rings. The van der Waals surface area contributed by atoms with Crippen molar-refractivity contribution in [1.29, 1.82) is 0 Å². The molecule has 0 amide bonds. The SMILES string of the molecule is Cc1ccc(N(c2ccccc2)c2cc(C(C)(C)C)cc(N(c3ccc(C)cc3)c3ccc4c(c3)C(C)(C)c3ccccc3-4)c2-c2ccccc2)cc1. The minimum Gasteiger partial charge on any atom is -0.310 e. The van der Waals surface area contributed by atoms with Crippen molar-refractivity contribution in [2.45, 2.75) is 59.3 Å². The van der Waals surface area contributed by atoms with Crippen LogP contribution in [0.15, 0.2) is 164 Å². The Balaban J connectivity index is 1.48. The summed E-state index contributed by atoms with van der Waals surface area (Å²) >= 11 is 0. The Labute approximate surface area is 316 Å². The van der Waals surface area contributed by atoms with Crippen LogP contribution in [0.3, 0.4) is 0 Å². The van der Waals surface area contributed by atoms with Gasteiger partial charge in [0.25, 0.3) is 0 Å². The van der Waals surface area contributed by atoms with E-state index in [1.807, 2.05) is 0 Å². The van der Waals surface area contributed by atoms with E-state index in [1.54, 1.807) is 0 Å². The Bertz CT molecular complexity index is 2400. The molecule has 0 aliphatic heterocycles. The normalized spacial score (nSPS) is 13.0. The molecule has 53 heavy (non-hydrogen) atoms. The maximum atomic E-state index is 2.50. The number of para-hydroxylation sites is 1. The zero-order valence-corrected chi connectivity index (χ0v) is 32.0. The van der Waals surface area contributed by atoms with E-state index < -0.39 is 0 Å². The van der Waals surface area contributed by atoms with E-state index in [0.717, 1.165) is 39.7 Å². The van der Waals surface area contributed by atoms with Gasteiger partial charge in [-0.2, -0.15) is 0 Å². The summed E-state index contributed by atoms with van der Waals surface area (Å²) in [6.45, 7) is 16.0. The van der Waals surface area contributed by atoms with Gasteiger partial charge in [0, 0.05) is 33.7 Å². The van der Waals surface area contributed by atoms with Gasteiger partial charge >= 0.3 is 0 Å². The summed E-state index contributed by atoms with van der Waals surface area (Å²) in [5.74, 6) is 0.